The molecule has 340 valence electrons. The molecule has 1 saturated carbocycles. The molecule has 0 saturated heterocycles. The highest BCUT2D eigenvalue weighted by Crippen LogP contribution is 2.30. The van der Waals surface area contributed by atoms with Crippen molar-refractivity contribution in [3.05, 3.63) is 29.8 Å². The van der Waals surface area contributed by atoms with Crippen LogP contribution in [0, 0.1) is 35.5 Å². The highest BCUT2D eigenvalue weighted by molar-refractivity contribution is 8.00. The van der Waals surface area contributed by atoms with Gasteiger partial charge < -0.3 is 31.3 Å². The number of carbonyl (C=O) groups excluding carboxylic acids is 9. The number of urea groups is 1. The second-order valence-electron chi connectivity index (χ2n) is 17.2. The van der Waals surface area contributed by atoms with E-state index in [1.54, 1.807) is 24.3 Å². The van der Waals surface area contributed by atoms with Gasteiger partial charge in [0.05, 0.1) is 23.3 Å². The molecule has 1 aromatic carbocycles. The average Bonchev–Trinajstić information content (AvgIpc) is 3.46. The summed E-state index contributed by atoms with van der Waals surface area (Å²) in [5, 5.41) is 7.92. The number of hydrogen-bond acceptors (Lipinski definition) is 11. The monoisotopic (exact) mass is 871 g/mol. The Morgan fingerprint density at radius 1 is 0.869 bits per heavy atom. The molecule has 15 nitrogen and oxygen atoms in total. The lowest BCUT2D eigenvalue weighted by atomic mass is 9.84. The summed E-state index contributed by atoms with van der Waals surface area (Å²) in [6.45, 7) is 12.6. The van der Waals surface area contributed by atoms with Crippen molar-refractivity contribution in [2.24, 2.45) is 41.2 Å². The minimum Gasteiger partial charge on any atom is -0.445 e. The molecule has 5 N–H and O–H groups in total. The Balaban J connectivity index is 2.01. The van der Waals surface area contributed by atoms with E-state index in [0.717, 1.165) is 0 Å². The molecule has 1 aromatic rings. The van der Waals surface area contributed by atoms with Crippen molar-refractivity contribution < 1.29 is 47.9 Å². The summed E-state index contributed by atoms with van der Waals surface area (Å²) < 4.78 is 5.53. The van der Waals surface area contributed by atoms with Gasteiger partial charge >= 0.3 is 12.1 Å². The van der Waals surface area contributed by atoms with E-state index in [1.807, 2.05) is 47.8 Å². The zero-order chi connectivity index (χ0) is 46.0. The zero-order valence-electron chi connectivity index (χ0n) is 37.5. The van der Waals surface area contributed by atoms with E-state index in [0.29, 0.717) is 43.4 Å². The molecular weight excluding hydrogens is 803 g/mol. The Morgan fingerprint density at radius 2 is 1.52 bits per heavy atom. The van der Waals surface area contributed by atoms with Gasteiger partial charge in [-0.3, -0.25) is 33.6 Å². The maximum atomic E-state index is 13.7. The number of nitrogens with two attached hydrogens (primary N) is 1. The lowest BCUT2D eigenvalue weighted by Gasteiger charge is -2.31. The first-order valence-electron chi connectivity index (χ1n) is 21.4. The summed E-state index contributed by atoms with van der Waals surface area (Å²) in [4.78, 5) is 116. The topological polar surface area (TPSA) is 228 Å². The van der Waals surface area contributed by atoms with E-state index in [2.05, 4.69) is 16.0 Å². The van der Waals surface area contributed by atoms with Crippen LogP contribution in [0.4, 0.5) is 15.3 Å². The predicted octanol–water partition coefficient (Wildman–Crippen LogP) is 6.04. The zero-order valence-corrected chi connectivity index (χ0v) is 38.3. The number of anilines is 1. The molecule has 0 spiro atoms. The lowest BCUT2D eigenvalue weighted by molar-refractivity contribution is -0.131. The first-order chi connectivity index (χ1) is 28.7. The van der Waals surface area contributed by atoms with Crippen LogP contribution in [-0.2, 0) is 44.9 Å². The number of thioether (sulfide) groups is 1. The summed E-state index contributed by atoms with van der Waals surface area (Å²) in [6.07, 6.45) is 4.37. The first-order valence-corrected chi connectivity index (χ1v) is 22.7. The SMILES string of the molecule is CSC1CC(=O)C(CCCCCC(=O)N[C@H](C(=O)C[C@@H](CCCNC(N)=O)C(=O)Nc2ccc(COC(=O)N(C)[C@H](C(=O)C[C@H](C(C)=O)C(C)C)C(C)C)cc2)C(C)C)C1=O. The number of nitrogens with one attached hydrogen (secondary N) is 3. The molecule has 6 atom stereocenters. The molecule has 0 aliphatic heterocycles. The van der Waals surface area contributed by atoms with Crippen LogP contribution >= 0.6 is 11.8 Å². The summed E-state index contributed by atoms with van der Waals surface area (Å²) in [7, 11) is 1.50. The van der Waals surface area contributed by atoms with Gasteiger partial charge in [-0.2, -0.15) is 11.8 Å². The molecule has 16 heteroatoms. The number of unbranched alkanes of at least 4 members (excludes halogenated alkanes) is 2. The number of rotatable bonds is 27. The number of ketones is 5. The molecule has 1 aliphatic rings. The van der Waals surface area contributed by atoms with Crippen molar-refractivity contribution >= 4 is 70.3 Å². The number of benzene rings is 1. The number of amides is 5. The van der Waals surface area contributed by atoms with E-state index < -0.39 is 47.9 Å². The Labute approximate surface area is 365 Å². The Morgan fingerprint density at radius 3 is 2.07 bits per heavy atom. The smallest absolute Gasteiger partial charge is 0.410 e. The van der Waals surface area contributed by atoms with Gasteiger partial charge in [0.15, 0.2) is 17.3 Å². The molecular formula is C45H69N5O10S. The van der Waals surface area contributed by atoms with E-state index >= 15 is 0 Å². The fourth-order valence-electron chi connectivity index (χ4n) is 7.75. The number of primary amides is 1. The van der Waals surface area contributed by atoms with Gasteiger partial charge in [-0.1, -0.05) is 66.5 Å². The van der Waals surface area contributed by atoms with Crippen LogP contribution < -0.4 is 21.7 Å². The summed E-state index contributed by atoms with van der Waals surface area (Å²) >= 11 is 1.40. The number of nitrogens with zero attached hydrogens (tertiary/aromatic N) is 1. The van der Waals surface area contributed by atoms with Crippen molar-refractivity contribution in [2.75, 3.05) is 25.2 Å². The predicted molar refractivity (Wildman–Crippen MR) is 235 cm³/mol. The third-order valence-electron chi connectivity index (χ3n) is 11.3. The standard InChI is InChI=1S/C45H69N5O10S/c1-26(2)34(29(7)51)23-37(54)41(28(5)6)50(8)45(59)60-25-30-17-19-32(20-18-30)48-43(57)31(14-13-21-47-44(46)58)22-36(53)40(27(3)4)49-39(55)16-12-10-11-15-33-35(52)24-38(61-9)42(33)56/h17-20,26-28,31,33-34,38,40-41H,10-16,21-25H2,1-9H3,(H,48,57)(H,49,55)(H3,46,47,58)/t31-,33?,34+,38?,40+,41+/m1/s1. The molecule has 0 bridgehead atoms. The van der Waals surface area contributed by atoms with Crippen LogP contribution in [0.3, 0.4) is 0 Å². The van der Waals surface area contributed by atoms with E-state index in [-0.39, 0.29) is 103 Å². The Kier molecular flexibility index (Phi) is 22.4. The van der Waals surface area contributed by atoms with E-state index in [4.69, 9.17) is 10.5 Å². The lowest BCUT2D eigenvalue weighted by Crippen LogP contribution is -2.46. The van der Waals surface area contributed by atoms with Crippen molar-refractivity contribution in [2.45, 2.75) is 137 Å². The number of likely N-dealkylation sites (N-methyl/N-ethyl adjacent to an activating group) is 1. The maximum absolute atomic E-state index is 13.7. The first kappa shape index (κ1) is 52.5. The largest absolute Gasteiger partial charge is 0.445 e. The molecule has 5 amide bonds. The van der Waals surface area contributed by atoms with Gasteiger partial charge in [0.25, 0.3) is 0 Å². The minimum atomic E-state index is -0.837. The van der Waals surface area contributed by atoms with Crippen molar-refractivity contribution in [3.63, 3.8) is 0 Å². The quantitative estimate of drug-likeness (QED) is 0.0588. The molecule has 1 aliphatic carbocycles. The molecule has 0 radical (unpaired) electrons. The van der Waals surface area contributed by atoms with E-state index in [1.165, 1.54) is 30.6 Å². The highest BCUT2D eigenvalue weighted by atomic mass is 32.2. The molecule has 61 heavy (non-hydrogen) atoms. The second-order valence-corrected chi connectivity index (χ2v) is 18.3. The van der Waals surface area contributed by atoms with Crippen molar-refractivity contribution in [1.82, 2.24) is 15.5 Å². The average molecular weight is 872 g/mol. The Hall–Kier alpha value is -4.60. The third kappa shape index (κ3) is 17.4. The van der Waals surface area contributed by atoms with Gasteiger partial charge in [-0.05, 0) is 74.3 Å². The van der Waals surface area contributed by atoms with Crippen LogP contribution in [-0.4, -0.2) is 94.9 Å². The van der Waals surface area contributed by atoms with E-state index in [9.17, 15) is 43.2 Å². The maximum Gasteiger partial charge on any atom is 0.410 e. The van der Waals surface area contributed by atoms with Gasteiger partial charge in [-0.25, -0.2) is 9.59 Å². The fraction of sp³-hybridized carbons (Fsp3) is 0.667. The fourth-order valence-corrected chi connectivity index (χ4v) is 8.48. The summed E-state index contributed by atoms with van der Waals surface area (Å²) in [5.41, 5.74) is 6.25. The number of hydrogen-bond donors (Lipinski definition) is 4. The summed E-state index contributed by atoms with van der Waals surface area (Å²) in [5.74, 6) is -3.62. The molecule has 0 heterocycles. The van der Waals surface area contributed by atoms with Crippen LogP contribution in [0.1, 0.15) is 118 Å². The number of carbonyl (C=O) groups is 9. The van der Waals surface area contributed by atoms with Crippen LogP contribution in [0.15, 0.2) is 24.3 Å². The molecule has 2 unspecified atom stereocenters. The molecule has 1 fully saturated rings. The van der Waals surface area contributed by atoms with Crippen LogP contribution in [0.25, 0.3) is 0 Å². The number of Topliss-reactive ketones (excluding diaryl/α,β-unsaturated/α-hetero) is 5. The third-order valence-corrected chi connectivity index (χ3v) is 12.3. The molecule has 0 aromatic heterocycles. The minimum absolute atomic E-state index is 0.00196. The van der Waals surface area contributed by atoms with Crippen molar-refractivity contribution in [3.8, 4) is 0 Å². The normalized spacial score (nSPS) is 17.1. The summed E-state index contributed by atoms with van der Waals surface area (Å²) in [6, 6.07) is 4.29. The molecule has 2 rings (SSSR count). The highest BCUT2D eigenvalue weighted by Gasteiger charge is 2.40. The Bertz CT molecular complexity index is 1700. The second kappa shape index (κ2) is 26.0. The number of ether oxygens (including phenoxy) is 1. The van der Waals surface area contributed by atoms with Gasteiger partial charge in [0.2, 0.25) is 11.8 Å². The van der Waals surface area contributed by atoms with Gasteiger partial charge in [0, 0.05) is 56.8 Å². The van der Waals surface area contributed by atoms with Crippen LogP contribution in [0.2, 0.25) is 0 Å². The van der Waals surface area contributed by atoms with Gasteiger partial charge in [-0.15, -0.1) is 0 Å². The van der Waals surface area contributed by atoms with Gasteiger partial charge in [0.1, 0.15) is 18.2 Å². The van der Waals surface area contributed by atoms with Crippen molar-refractivity contribution in [1.29, 1.82) is 0 Å². The van der Waals surface area contributed by atoms with Crippen LogP contribution in [0.5, 0.6) is 0 Å².